The van der Waals surface area contributed by atoms with Crippen molar-refractivity contribution in [2.24, 2.45) is 5.92 Å². The number of fused-ring (bicyclic) bond motifs is 1. The number of aromatic amines is 1. The van der Waals surface area contributed by atoms with E-state index in [1.807, 2.05) is 0 Å². The van der Waals surface area contributed by atoms with Crippen molar-refractivity contribution in [3.63, 3.8) is 0 Å². The molecule has 7 nitrogen and oxygen atoms in total. The second-order valence-electron chi connectivity index (χ2n) is 7.42. The highest BCUT2D eigenvalue weighted by Gasteiger charge is 2.37. The van der Waals surface area contributed by atoms with E-state index < -0.39 is 17.7 Å². The lowest BCUT2D eigenvalue weighted by atomic mass is 10.2. The molecule has 158 valence electrons. The first-order valence-corrected chi connectivity index (χ1v) is 9.48. The summed E-state index contributed by atoms with van der Waals surface area (Å²) in [5.74, 6) is 0.934. The van der Waals surface area contributed by atoms with Gasteiger partial charge in [-0.2, -0.15) is 13.2 Å². The van der Waals surface area contributed by atoms with Crippen molar-refractivity contribution in [3.8, 4) is 11.5 Å². The van der Waals surface area contributed by atoms with E-state index in [1.54, 1.807) is 0 Å². The standard InChI is InChI=1S/C20H15F4N7/c1-9-7-10(9)16-28-15-18(27-12-5-6-25-8-11(12)21)30-17(31-19(15)29-16)13-3-2-4-14(26-13)20(22,23)24/h2-6,8-10H,7H2,1H3,(H2,25,27,28,29,30,31)/t9?,10-/m0/s1. The predicted molar refractivity (Wildman–Crippen MR) is 104 cm³/mol. The van der Waals surface area contributed by atoms with Gasteiger partial charge in [0.1, 0.15) is 22.7 Å². The number of rotatable bonds is 4. The molecular formula is C20H15F4N7. The van der Waals surface area contributed by atoms with E-state index >= 15 is 0 Å². The highest BCUT2D eigenvalue weighted by molar-refractivity contribution is 5.87. The van der Waals surface area contributed by atoms with Crippen LogP contribution in [0.1, 0.15) is 30.8 Å². The van der Waals surface area contributed by atoms with Gasteiger partial charge < -0.3 is 10.3 Å². The van der Waals surface area contributed by atoms with Crippen LogP contribution in [0.2, 0.25) is 0 Å². The van der Waals surface area contributed by atoms with Crippen LogP contribution >= 0.6 is 0 Å². The monoisotopic (exact) mass is 429 g/mol. The summed E-state index contributed by atoms with van der Waals surface area (Å²) < 4.78 is 53.5. The minimum atomic E-state index is -4.61. The number of nitrogens with zero attached hydrogens (tertiary/aromatic N) is 5. The van der Waals surface area contributed by atoms with Crippen LogP contribution in [0.3, 0.4) is 0 Å². The average Bonchev–Trinajstić information content (AvgIpc) is 3.31. The molecule has 0 saturated heterocycles. The van der Waals surface area contributed by atoms with E-state index in [2.05, 4.69) is 42.1 Å². The van der Waals surface area contributed by atoms with Crippen LogP contribution in [0.15, 0.2) is 36.7 Å². The van der Waals surface area contributed by atoms with Gasteiger partial charge in [-0.05, 0) is 30.5 Å². The van der Waals surface area contributed by atoms with Crippen LogP contribution in [-0.2, 0) is 6.18 Å². The molecule has 5 rings (SSSR count). The molecule has 1 aliphatic carbocycles. The molecule has 31 heavy (non-hydrogen) atoms. The molecule has 1 unspecified atom stereocenters. The SMILES string of the molecule is CC1C[C@@H]1c1nc2nc(-c3cccc(C(F)(F)F)n3)nc(Nc3ccncc3F)c2[nH]1. The van der Waals surface area contributed by atoms with E-state index in [1.165, 1.54) is 24.4 Å². The van der Waals surface area contributed by atoms with Crippen molar-refractivity contribution in [1.82, 2.24) is 29.9 Å². The third kappa shape index (κ3) is 3.66. The number of halogens is 4. The van der Waals surface area contributed by atoms with E-state index in [0.29, 0.717) is 17.3 Å². The van der Waals surface area contributed by atoms with E-state index in [9.17, 15) is 17.6 Å². The minimum absolute atomic E-state index is 0.0579. The number of anilines is 2. The van der Waals surface area contributed by atoms with Crippen molar-refractivity contribution < 1.29 is 17.6 Å². The average molecular weight is 429 g/mol. The molecule has 2 N–H and O–H groups in total. The van der Waals surface area contributed by atoms with Gasteiger partial charge in [-0.15, -0.1) is 0 Å². The Morgan fingerprint density at radius 3 is 2.61 bits per heavy atom. The Bertz CT molecular complexity index is 1280. The summed E-state index contributed by atoms with van der Waals surface area (Å²) in [6, 6.07) is 4.90. The number of H-pyrrole nitrogens is 1. The molecule has 1 aliphatic rings. The summed E-state index contributed by atoms with van der Waals surface area (Å²) in [6.07, 6.45) is -1.19. The molecule has 11 heteroatoms. The normalized spacial score (nSPS) is 18.4. The maximum absolute atomic E-state index is 14.1. The van der Waals surface area contributed by atoms with E-state index in [4.69, 9.17) is 0 Å². The van der Waals surface area contributed by atoms with Crippen LogP contribution in [0, 0.1) is 11.7 Å². The molecule has 0 radical (unpaired) electrons. The van der Waals surface area contributed by atoms with Gasteiger partial charge in [0.2, 0.25) is 0 Å². The fourth-order valence-corrected chi connectivity index (χ4v) is 3.32. The molecular weight excluding hydrogens is 414 g/mol. The van der Waals surface area contributed by atoms with Gasteiger partial charge in [-0.1, -0.05) is 13.0 Å². The minimum Gasteiger partial charge on any atom is -0.337 e. The van der Waals surface area contributed by atoms with Crippen molar-refractivity contribution in [3.05, 3.63) is 54.0 Å². The van der Waals surface area contributed by atoms with Crippen molar-refractivity contribution in [2.45, 2.75) is 25.4 Å². The van der Waals surface area contributed by atoms with Gasteiger partial charge in [0.05, 0.1) is 11.9 Å². The van der Waals surface area contributed by atoms with Gasteiger partial charge in [0.15, 0.2) is 23.1 Å². The van der Waals surface area contributed by atoms with Gasteiger partial charge in [-0.3, -0.25) is 4.98 Å². The van der Waals surface area contributed by atoms with Crippen LogP contribution in [-0.4, -0.2) is 29.9 Å². The second-order valence-corrected chi connectivity index (χ2v) is 7.42. The summed E-state index contributed by atoms with van der Waals surface area (Å²) >= 11 is 0. The van der Waals surface area contributed by atoms with Crippen molar-refractivity contribution >= 4 is 22.7 Å². The third-order valence-electron chi connectivity index (χ3n) is 5.12. The number of hydrogen-bond donors (Lipinski definition) is 2. The Hall–Kier alpha value is -3.63. The Balaban J connectivity index is 1.65. The molecule has 2 atom stereocenters. The fourth-order valence-electron chi connectivity index (χ4n) is 3.32. The molecule has 0 aliphatic heterocycles. The lowest BCUT2D eigenvalue weighted by Gasteiger charge is -2.10. The zero-order chi connectivity index (χ0) is 21.8. The third-order valence-corrected chi connectivity index (χ3v) is 5.12. The first-order chi connectivity index (χ1) is 14.8. The molecule has 4 aromatic heterocycles. The quantitative estimate of drug-likeness (QED) is 0.451. The summed E-state index contributed by atoms with van der Waals surface area (Å²) in [4.78, 5) is 23.7. The first-order valence-electron chi connectivity index (χ1n) is 9.48. The Labute approximate surface area is 173 Å². The Morgan fingerprint density at radius 1 is 1.10 bits per heavy atom. The lowest BCUT2D eigenvalue weighted by molar-refractivity contribution is -0.141. The predicted octanol–water partition coefficient (Wildman–Crippen LogP) is 4.83. The molecule has 0 bridgehead atoms. The van der Waals surface area contributed by atoms with Crippen LogP contribution in [0.4, 0.5) is 29.1 Å². The number of nitrogens with one attached hydrogen (secondary N) is 2. The number of aromatic nitrogens is 6. The molecule has 4 aromatic rings. The molecule has 0 spiro atoms. The Morgan fingerprint density at radius 2 is 1.90 bits per heavy atom. The molecule has 0 amide bonds. The maximum atomic E-state index is 14.1. The maximum Gasteiger partial charge on any atom is 0.433 e. The highest BCUT2D eigenvalue weighted by atomic mass is 19.4. The lowest BCUT2D eigenvalue weighted by Crippen LogP contribution is -2.09. The Kier molecular flexibility index (Phi) is 4.34. The molecule has 1 saturated carbocycles. The molecule has 4 heterocycles. The molecule has 0 aromatic carbocycles. The van der Waals surface area contributed by atoms with Crippen molar-refractivity contribution in [2.75, 3.05) is 5.32 Å². The van der Waals surface area contributed by atoms with E-state index in [-0.39, 0.29) is 34.6 Å². The largest absolute Gasteiger partial charge is 0.433 e. The molecule has 1 fully saturated rings. The first kappa shape index (κ1) is 19.3. The van der Waals surface area contributed by atoms with Gasteiger partial charge in [0.25, 0.3) is 0 Å². The number of hydrogen-bond acceptors (Lipinski definition) is 6. The van der Waals surface area contributed by atoms with Crippen molar-refractivity contribution in [1.29, 1.82) is 0 Å². The fraction of sp³-hybridized carbons (Fsp3) is 0.250. The van der Waals surface area contributed by atoms with Crippen LogP contribution in [0.5, 0.6) is 0 Å². The topological polar surface area (TPSA) is 92.3 Å². The summed E-state index contributed by atoms with van der Waals surface area (Å²) in [6.45, 7) is 2.09. The second kappa shape index (κ2) is 6.96. The van der Waals surface area contributed by atoms with Gasteiger partial charge in [0, 0.05) is 12.1 Å². The summed E-state index contributed by atoms with van der Waals surface area (Å²) in [5, 5.41) is 2.87. The highest BCUT2D eigenvalue weighted by Crippen LogP contribution is 2.46. The van der Waals surface area contributed by atoms with E-state index in [0.717, 1.165) is 18.7 Å². The van der Waals surface area contributed by atoms with Crippen LogP contribution in [0.25, 0.3) is 22.7 Å². The van der Waals surface area contributed by atoms with Crippen LogP contribution < -0.4 is 5.32 Å². The number of alkyl halides is 3. The summed E-state index contributed by atoms with van der Waals surface area (Å²) in [5.41, 5.74) is -0.331. The van der Waals surface area contributed by atoms with Gasteiger partial charge >= 0.3 is 6.18 Å². The number of imidazole rings is 1. The number of pyridine rings is 2. The van der Waals surface area contributed by atoms with Gasteiger partial charge in [-0.25, -0.2) is 24.3 Å². The smallest absolute Gasteiger partial charge is 0.337 e. The zero-order valence-electron chi connectivity index (χ0n) is 16.1. The zero-order valence-corrected chi connectivity index (χ0v) is 16.1. The summed E-state index contributed by atoms with van der Waals surface area (Å²) in [7, 11) is 0.